The van der Waals surface area contributed by atoms with Crippen LogP contribution in [0.1, 0.15) is 0 Å². The van der Waals surface area contributed by atoms with Crippen LogP contribution >= 0.6 is 0 Å². The van der Waals surface area contributed by atoms with Crippen LogP contribution < -0.4 is 0 Å². The summed E-state index contributed by atoms with van der Waals surface area (Å²) < 4.78 is 0. The average Bonchev–Trinajstić information content (AvgIpc) is 1.77. The molecular formula is C6H6AuO2. The molecule has 0 atom stereocenters. The molecule has 0 aliphatic heterocycles. The Labute approximate surface area is 68.7 Å². The summed E-state index contributed by atoms with van der Waals surface area (Å²) in [4.78, 5) is 0. The first kappa shape index (κ1) is 8.56. The van der Waals surface area contributed by atoms with Crippen molar-refractivity contribution in [1.82, 2.24) is 0 Å². The molecule has 53 valence electrons. The largest absolute Gasteiger partial charge is 0.508 e. The first-order chi connectivity index (χ1) is 3.79. The summed E-state index contributed by atoms with van der Waals surface area (Å²) >= 11 is 0. The number of phenols is 2. The summed E-state index contributed by atoms with van der Waals surface area (Å²) in [7, 11) is 0. The minimum absolute atomic E-state index is 0. The van der Waals surface area contributed by atoms with Gasteiger partial charge in [0.05, 0.1) is 0 Å². The van der Waals surface area contributed by atoms with Crippen molar-refractivity contribution in [3.8, 4) is 11.5 Å². The topological polar surface area (TPSA) is 40.5 Å². The van der Waals surface area contributed by atoms with Gasteiger partial charge in [0, 0.05) is 22.4 Å². The Morgan fingerprint density at radius 3 is 1.22 bits per heavy atom. The van der Waals surface area contributed by atoms with E-state index < -0.39 is 0 Å². The van der Waals surface area contributed by atoms with Crippen molar-refractivity contribution < 1.29 is 32.6 Å². The molecule has 2 nitrogen and oxygen atoms in total. The monoisotopic (exact) mass is 307 g/mol. The average molecular weight is 307 g/mol. The van der Waals surface area contributed by atoms with Crippen LogP contribution in [0.5, 0.6) is 11.5 Å². The molecule has 1 aromatic carbocycles. The molecule has 0 unspecified atom stereocenters. The van der Waals surface area contributed by atoms with Gasteiger partial charge in [-0.05, 0) is 24.3 Å². The number of aromatic hydroxyl groups is 2. The van der Waals surface area contributed by atoms with E-state index in [0.29, 0.717) is 0 Å². The second-order valence-corrected chi connectivity index (χ2v) is 1.52. The molecule has 0 amide bonds. The van der Waals surface area contributed by atoms with Crippen LogP contribution in [0.3, 0.4) is 0 Å². The zero-order valence-electron chi connectivity index (χ0n) is 4.51. The van der Waals surface area contributed by atoms with E-state index in [-0.39, 0.29) is 33.9 Å². The minimum Gasteiger partial charge on any atom is -0.508 e. The first-order valence-corrected chi connectivity index (χ1v) is 2.27. The van der Waals surface area contributed by atoms with E-state index in [1.807, 2.05) is 0 Å². The third kappa shape index (κ3) is 2.56. The second kappa shape index (κ2) is 3.56. The smallest absolute Gasteiger partial charge is 0.115 e. The van der Waals surface area contributed by atoms with Crippen molar-refractivity contribution in [3.05, 3.63) is 24.3 Å². The van der Waals surface area contributed by atoms with Crippen LogP contribution in [0.4, 0.5) is 0 Å². The van der Waals surface area contributed by atoms with Crippen molar-refractivity contribution in [2.45, 2.75) is 0 Å². The maximum Gasteiger partial charge on any atom is 0.115 e. The summed E-state index contributed by atoms with van der Waals surface area (Å²) in [5.41, 5.74) is 0. The van der Waals surface area contributed by atoms with Gasteiger partial charge in [0.15, 0.2) is 0 Å². The molecule has 0 heterocycles. The fourth-order valence-electron chi connectivity index (χ4n) is 0.453. The van der Waals surface area contributed by atoms with Crippen molar-refractivity contribution in [3.63, 3.8) is 0 Å². The summed E-state index contributed by atoms with van der Waals surface area (Å²) in [6.45, 7) is 0. The van der Waals surface area contributed by atoms with Crippen LogP contribution in [0.2, 0.25) is 0 Å². The number of rotatable bonds is 0. The van der Waals surface area contributed by atoms with Crippen molar-refractivity contribution in [2.75, 3.05) is 0 Å². The van der Waals surface area contributed by atoms with Gasteiger partial charge >= 0.3 is 0 Å². The summed E-state index contributed by atoms with van der Waals surface area (Å²) in [6, 6.07) is 5.70. The Kier molecular flexibility index (Phi) is 3.39. The van der Waals surface area contributed by atoms with Gasteiger partial charge in [0.25, 0.3) is 0 Å². The molecule has 0 fully saturated rings. The van der Waals surface area contributed by atoms with Crippen molar-refractivity contribution in [1.29, 1.82) is 0 Å². The Morgan fingerprint density at radius 1 is 0.778 bits per heavy atom. The maximum atomic E-state index is 8.65. The quantitative estimate of drug-likeness (QED) is 0.556. The third-order valence-electron chi connectivity index (χ3n) is 0.850. The van der Waals surface area contributed by atoms with E-state index in [4.69, 9.17) is 10.2 Å². The van der Waals surface area contributed by atoms with Crippen LogP contribution in [-0.4, -0.2) is 10.2 Å². The SMILES string of the molecule is Oc1ccc(O)cc1.[Au]. The zero-order chi connectivity index (χ0) is 5.98. The maximum absolute atomic E-state index is 8.65. The fraction of sp³-hybridized carbons (Fsp3) is 0. The Morgan fingerprint density at radius 2 is 1.00 bits per heavy atom. The van der Waals surface area contributed by atoms with Gasteiger partial charge in [-0.3, -0.25) is 0 Å². The van der Waals surface area contributed by atoms with Crippen molar-refractivity contribution >= 4 is 0 Å². The molecule has 1 rings (SSSR count). The molecule has 0 saturated heterocycles. The Balaban J connectivity index is 0.000000640. The van der Waals surface area contributed by atoms with Gasteiger partial charge < -0.3 is 10.2 Å². The zero-order valence-corrected chi connectivity index (χ0v) is 6.67. The van der Waals surface area contributed by atoms with E-state index in [9.17, 15) is 0 Å². The van der Waals surface area contributed by atoms with Gasteiger partial charge in [0.2, 0.25) is 0 Å². The summed E-state index contributed by atoms with van der Waals surface area (Å²) in [6.07, 6.45) is 0. The van der Waals surface area contributed by atoms with E-state index in [0.717, 1.165) is 0 Å². The molecule has 1 aromatic rings. The number of benzene rings is 1. The molecule has 1 radical (unpaired) electrons. The van der Waals surface area contributed by atoms with Gasteiger partial charge in [-0.15, -0.1) is 0 Å². The van der Waals surface area contributed by atoms with Gasteiger partial charge in [0.1, 0.15) is 11.5 Å². The van der Waals surface area contributed by atoms with E-state index in [1.54, 1.807) is 0 Å². The predicted octanol–water partition coefficient (Wildman–Crippen LogP) is 1.10. The molecule has 0 saturated carbocycles. The molecule has 0 bridgehead atoms. The molecule has 9 heavy (non-hydrogen) atoms. The van der Waals surface area contributed by atoms with E-state index >= 15 is 0 Å². The Bertz CT molecular complexity index is 150. The van der Waals surface area contributed by atoms with E-state index in [1.165, 1.54) is 24.3 Å². The third-order valence-corrected chi connectivity index (χ3v) is 0.850. The molecule has 0 aromatic heterocycles. The molecule has 0 spiro atoms. The van der Waals surface area contributed by atoms with Gasteiger partial charge in [-0.2, -0.15) is 0 Å². The molecule has 2 N–H and O–H groups in total. The normalized spacial score (nSPS) is 8.00. The summed E-state index contributed by atoms with van der Waals surface area (Å²) in [5.74, 6) is 0.339. The standard InChI is InChI=1S/C6H6O2.Au/c7-5-1-2-6(8)4-3-5;/h1-4,7-8H;. The molecule has 0 aliphatic carbocycles. The van der Waals surface area contributed by atoms with Crippen LogP contribution in [0.15, 0.2) is 24.3 Å². The number of hydrogen-bond donors (Lipinski definition) is 2. The van der Waals surface area contributed by atoms with Gasteiger partial charge in [-0.1, -0.05) is 0 Å². The number of hydrogen-bond acceptors (Lipinski definition) is 2. The van der Waals surface area contributed by atoms with Gasteiger partial charge in [-0.25, -0.2) is 0 Å². The molecule has 0 aliphatic rings. The van der Waals surface area contributed by atoms with Crippen LogP contribution in [0, 0.1) is 0 Å². The first-order valence-electron chi connectivity index (χ1n) is 2.27. The fourth-order valence-corrected chi connectivity index (χ4v) is 0.453. The van der Waals surface area contributed by atoms with Crippen LogP contribution in [0.25, 0.3) is 0 Å². The van der Waals surface area contributed by atoms with Crippen molar-refractivity contribution in [2.24, 2.45) is 0 Å². The molecule has 3 heteroatoms. The van der Waals surface area contributed by atoms with E-state index in [2.05, 4.69) is 0 Å². The second-order valence-electron chi connectivity index (χ2n) is 1.52. The molecular weight excluding hydrogens is 301 g/mol. The summed E-state index contributed by atoms with van der Waals surface area (Å²) in [5, 5.41) is 17.3. The minimum atomic E-state index is 0. The van der Waals surface area contributed by atoms with Crippen LogP contribution in [-0.2, 0) is 22.4 Å². The number of phenolic OH excluding ortho intramolecular Hbond substituents is 2. The predicted molar refractivity (Wildman–Crippen MR) is 29.8 cm³/mol. The Hall–Kier alpha value is -0.440.